The van der Waals surface area contributed by atoms with E-state index >= 15 is 0 Å². The molecule has 2 rings (SSSR count). The number of amides is 2. The first kappa shape index (κ1) is 14.7. The Morgan fingerprint density at radius 1 is 1.40 bits per heavy atom. The van der Waals surface area contributed by atoms with Gasteiger partial charge in [0, 0.05) is 24.8 Å². The predicted octanol–water partition coefficient (Wildman–Crippen LogP) is 3.53. The summed E-state index contributed by atoms with van der Waals surface area (Å²) < 4.78 is 1.79. The molecule has 2 N–H and O–H groups in total. The lowest BCUT2D eigenvalue weighted by Crippen LogP contribution is -2.28. The van der Waals surface area contributed by atoms with Crippen molar-refractivity contribution in [1.82, 2.24) is 15.1 Å². The number of nitrogens with one attached hydrogen (secondary N) is 2. The van der Waals surface area contributed by atoms with Crippen LogP contribution in [0.15, 0.2) is 30.6 Å². The van der Waals surface area contributed by atoms with E-state index in [0.29, 0.717) is 22.3 Å². The maximum absolute atomic E-state index is 11.8. The van der Waals surface area contributed by atoms with E-state index in [1.54, 1.807) is 29.1 Å². The number of hydrogen-bond donors (Lipinski definition) is 2. The number of carbonyl (C=O) groups excluding carboxylic acids is 1. The molecule has 2 aromatic rings. The summed E-state index contributed by atoms with van der Waals surface area (Å²) in [5.41, 5.74) is 1.40. The number of rotatable bonds is 4. The summed E-state index contributed by atoms with van der Waals surface area (Å²) in [7, 11) is 0. The number of carbonyl (C=O) groups is 1. The number of benzene rings is 1. The van der Waals surface area contributed by atoms with Gasteiger partial charge >= 0.3 is 6.03 Å². The van der Waals surface area contributed by atoms with Gasteiger partial charge in [0.15, 0.2) is 0 Å². The molecule has 5 nitrogen and oxygen atoms in total. The Morgan fingerprint density at radius 3 is 2.90 bits per heavy atom. The minimum absolute atomic E-state index is 0.322. The van der Waals surface area contributed by atoms with E-state index < -0.39 is 0 Å². The van der Waals surface area contributed by atoms with Gasteiger partial charge in [-0.15, -0.1) is 0 Å². The fraction of sp³-hybridized carbons (Fsp3) is 0.231. The lowest BCUT2D eigenvalue weighted by molar-refractivity contribution is 0.251. The zero-order valence-corrected chi connectivity index (χ0v) is 12.4. The molecule has 1 heterocycles. The Balaban J connectivity index is 1.91. The molecule has 0 spiro atoms. The molecule has 0 saturated carbocycles. The van der Waals surface area contributed by atoms with Crippen LogP contribution in [0.25, 0.3) is 0 Å². The van der Waals surface area contributed by atoms with Crippen LogP contribution in [0, 0.1) is 0 Å². The van der Waals surface area contributed by atoms with Crippen LogP contribution in [0.3, 0.4) is 0 Å². The van der Waals surface area contributed by atoms with Gasteiger partial charge in [0.25, 0.3) is 0 Å². The highest BCUT2D eigenvalue weighted by atomic mass is 35.5. The summed E-state index contributed by atoms with van der Waals surface area (Å²) in [4.78, 5) is 11.8. The average Bonchev–Trinajstić information content (AvgIpc) is 2.90. The SMILES string of the molecule is CCn1cc(CNC(=O)Nc2cccc(Cl)c2Cl)cn1. The van der Waals surface area contributed by atoms with Gasteiger partial charge in [0.1, 0.15) is 0 Å². The van der Waals surface area contributed by atoms with Gasteiger partial charge < -0.3 is 10.6 Å². The maximum Gasteiger partial charge on any atom is 0.319 e. The molecule has 7 heteroatoms. The summed E-state index contributed by atoms with van der Waals surface area (Å²) in [5, 5.41) is 10.2. The van der Waals surface area contributed by atoms with Gasteiger partial charge in [-0.2, -0.15) is 5.10 Å². The van der Waals surface area contributed by atoms with Gasteiger partial charge in [-0.25, -0.2) is 4.79 Å². The van der Waals surface area contributed by atoms with E-state index in [9.17, 15) is 4.79 Å². The smallest absolute Gasteiger partial charge is 0.319 e. The standard InChI is InChI=1S/C13H14Cl2N4O/c1-2-19-8-9(7-17-19)6-16-13(20)18-11-5-3-4-10(14)12(11)15/h3-5,7-8H,2,6H2,1H3,(H2,16,18,20). The van der Waals surface area contributed by atoms with E-state index in [2.05, 4.69) is 15.7 Å². The Labute approximate surface area is 126 Å². The fourth-order valence-corrected chi connectivity index (χ4v) is 1.97. The van der Waals surface area contributed by atoms with Gasteiger partial charge in [0.05, 0.1) is 21.9 Å². The molecule has 20 heavy (non-hydrogen) atoms. The van der Waals surface area contributed by atoms with Crippen LogP contribution in [-0.4, -0.2) is 15.8 Å². The minimum Gasteiger partial charge on any atom is -0.334 e. The van der Waals surface area contributed by atoms with Crippen LogP contribution < -0.4 is 10.6 Å². The Hall–Kier alpha value is -1.72. The molecule has 106 valence electrons. The number of aryl methyl sites for hydroxylation is 1. The average molecular weight is 313 g/mol. The summed E-state index contributed by atoms with van der Waals surface area (Å²) >= 11 is 11.9. The molecule has 0 saturated heterocycles. The minimum atomic E-state index is -0.349. The van der Waals surface area contributed by atoms with Gasteiger partial charge in [-0.3, -0.25) is 4.68 Å². The lowest BCUT2D eigenvalue weighted by atomic mass is 10.3. The first-order chi connectivity index (χ1) is 9.60. The van der Waals surface area contributed by atoms with Crippen LogP contribution in [0.1, 0.15) is 12.5 Å². The second kappa shape index (κ2) is 6.63. The third-order valence-electron chi connectivity index (χ3n) is 2.66. The largest absolute Gasteiger partial charge is 0.334 e. The van der Waals surface area contributed by atoms with E-state index in [1.165, 1.54) is 0 Å². The van der Waals surface area contributed by atoms with Crippen LogP contribution >= 0.6 is 23.2 Å². The summed E-state index contributed by atoms with van der Waals surface area (Å²) in [6.45, 7) is 3.19. The molecular weight excluding hydrogens is 299 g/mol. The van der Waals surface area contributed by atoms with Crippen molar-refractivity contribution in [2.45, 2.75) is 20.0 Å². The molecule has 0 aliphatic carbocycles. The van der Waals surface area contributed by atoms with Crippen molar-refractivity contribution in [3.63, 3.8) is 0 Å². The van der Waals surface area contributed by atoms with E-state index in [0.717, 1.165) is 12.1 Å². The Bertz CT molecular complexity index is 612. The van der Waals surface area contributed by atoms with Crippen molar-refractivity contribution in [2.24, 2.45) is 0 Å². The Morgan fingerprint density at radius 2 is 2.20 bits per heavy atom. The number of anilines is 1. The first-order valence-electron chi connectivity index (χ1n) is 6.10. The van der Waals surface area contributed by atoms with Crippen LogP contribution in [0.5, 0.6) is 0 Å². The predicted molar refractivity (Wildman–Crippen MR) is 80.2 cm³/mol. The number of hydrogen-bond acceptors (Lipinski definition) is 2. The van der Waals surface area contributed by atoms with Gasteiger partial charge in [-0.1, -0.05) is 29.3 Å². The van der Waals surface area contributed by atoms with Gasteiger partial charge in [0.2, 0.25) is 0 Å². The van der Waals surface area contributed by atoms with Crippen LogP contribution in [0.2, 0.25) is 10.0 Å². The highest BCUT2D eigenvalue weighted by molar-refractivity contribution is 6.43. The first-order valence-corrected chi connectivity index (χ1v) is 6.86. The third-order valence-corrected chi connectivity index (χ3v) is 3.48. The zero-order valence-electron chi connectivity index (χ0n) is 10.9. The molecule has 2 amide bonds. The number of aromatic nitrogens is 2. The van der Waals surface area contributed by atoms with Crippen LogP contribution in [0.4, 0.5) is 10.5 Å². The summed E-state index contributed by atoms with van der Waals surface area (Å²) in [6, 6.07) is 4.71. The second-order valence-electron chi connectivity index (χ2n) is 4.11. The van der Waals surface area contributed by atoms with Crippen molar-refractivity contribution in [1.29, 1.82) is 0 Å². The lowest BCUT2D eigenvalue weighted by Gasteiger charge is -2.09. The number of halogens is 2. The highest BCUT2D eigenvalue weighted by Gasteiger charge is 2.08. The summed E-state index contributed by atoms with van der Waals surface area (Å²) in [5.74, 6) is 0. The molecule has 0 fully saturated rings. The zero-order chi connectivity index (χ0) is 14.5. The molecule has 0 bridgehead atoms. The molecular formula is C13H14Cl2N4O. The normalized spacial score (nSPS) is 10.3. The van der Waals surface area contributed by atoms with Gasteiger partial charge in [-0.05, 0) is 19.1 Å². The molecule has 1 aromatic heterocycles. The van der Waals surface area contributed by atoms with Crippen molar-refractivity contribution in [3.8, 4) is 0 Å². The van der Waals surface area contributed by atoms with E-state index in [1.807, 2.05) is 13.1 Å². The second-order valence-corrected chi connectivity index (χ2v) is 4.90. The molecule has 1 aromatic carbocycles. The van der Waals surface area contributed by atoms with Crippen molar-refractivity contribution >= 4 is 34.9 Å². The van der Waals surface area contributed by atoms with E-state index in [4.69, 9.17) is 23.2 Å². The quantitative estimate of drug-likeness (QED) is 0.907. The molecule has 0 unspecified atom stereocenters. The van der Waals surface area contributed by atoms with Crippen molar-refractivity contribution < 1.29 is 4.79 Å². The molecule has 0 aliphatic rings. The van der Waals surface area contributed by atoms with Crippen molar-refractivity contribution in [3.05, 3.63) is 46.2 Å². The third kappa shape index (κ3) is 3.65. The summed E-state index contributed by atoms with van der Waals surface area (Å²) in [6.07, 6.45) is 3.60. The molecule has 0 aliphatic heterocycles. The molecule has 0 atom stereocenters. The monoisotopic (exact) mass is 312 g/mol. The van der Waals surface area contributed by atoms with Crippen molar-refractivity contribution in [2.75, 3.05) is 5.32 Å². The maximum atomic E-state index is 11.8. The number of nitrogens with zero attached hydrogens (tertiary/aromatic N) is 2. The fourth-order valence-electron chi connectivity index (χ4n) is 1.62. The Kier molecular flexibility index (Phi) is 4.87. The van der Waals surface area contributed by atoms with E-state index in [-0.39, 0.29) is 6.03 Å². The molecule has 0 radical (unpaired) electrons. The topological polar surface area (TPSA) is 59.0 Å². The number of urea groups is 1. The highest BCUT2D eigenvalue weighted by Crippen LogP contribution is 2.29. The van der Waals surface area contributed by atoms with Crippen LogP contribution in [-0.2, 0) is 13.1 Å².